The van der Waals surface area contributed by atoms with E-state index in [1.54, 1.807) is 24.3 Å². The number of anilines is 1. The van der Waals surface area contributed by atoms with Gasteiger partial charge in [-0.05, 0) is 24.3 Å². The Balaban J connectivity index is 2.04. The molecule has 1 aliphatic heterocycles. The molecular weight excluding hydrogens is 294 g/mol. The highest BCUT2D eigenvalue weighted by molar-refractivity contribution is 5.88. The van der Waals surface area contributed by atoms with Crippen LogP contribution < -0.4 is 10.1 Å². The van der Waals surface area contributed by atoms with Crippen LogP contribution in [0.5, 0.6) is 5.75 Å². The van der Waals surface area contributed by atoms with Gasteiger partial charge in [-0.25, -0.2) is 0 Å². The highest BCUT2D eigenvalue weighted by Gasteiger charge is 2.44. The minimum Gasteiger partial charge on any atom is -0.462 e. The van der Waals surface area contributed by atoms with Crippen LogP contribution in [0.4, 0.5) is 5.69 Å². The van der Waals surface area contributed by atoms with Crippen molar-refractivity contribution in [3.05, 3.63) is 24.3 Å². The Hall–Kier alpha value is -1.71. The lowest BCUT2D eigenvalue weighted by molar-refractivity contribution is -0.277. The summed E-state index contributed by atoms with van der Waals surface area (Å²) in [4.78, 5) is 10.9. The molecule has 22 heavy (non-hydrogen) atoms. The van der Waals surface area contributed by atoms with Gasteiger partial charge in [0.25, 0.3) is 0 Å². The summed E-state index contributed by atoms with van der Waals surface area (Å²) in [5, 5.41) is 40.9. The number of aliphatic hydroxyl groups excluding tert-OH is 4. The molecule has 0 radical (unpaired) electrons. The van der Waals surface area contributed by atoms with Crippen molar-refractivity contribution in [3.8, 4) is 5.75 Å². The lowest BCUT2D eigenvalue weighted by Crippen LogP contribution is -2.60. The molecule has 8 nitrogen and oxygen atoms in total. The summed E-state index contributed by atoms with van der Waals surface area (Å²) in [6, 6.07) is 6.29. The summed E-state index contributed by atoms with van der Waals surface area (Å²) < 4.78 is 10.6. The largest absolute Gasteiger partial charge is 0.462 e. The Morgan fingerprint density at radius 3 is 2.36 bits per heavy atom. The van der Waals surface area contributed by atoms with Gasteiger partial charge in [-0.15, -0.1) is 0 Å². The van der Waals surface area contributed by atoms with Crippen LogP contribution in [0.3, 0.4) is 0 Å². The summed E-state index contributed by atoms with van der Waals surface area (Å²) in [6.45, 7) is 0.866. The van der Waals surface area contributed by atoms with Gasteiger partial charge in [-0.1, -0.05) is 0 Å². The lowest BCUT2D eigenvalue weighted by atomic mass is 9.99. The van der Waals surface area contributed by atoms with Gasteiger partial charge < -0.3 is 35.2 Å². The van der Waals surface area contributed by atoms with Crippen molar-refractivity contribution < 1.29 is 34.7 Å². The molecule has 2 rings (SSSR count). The molecule has 1 fully saturated rings. The van der Waals surface area contributed by atoms with Crippen molar-refractivity contribution in [2.24, 2.45) is 0 Å². The van der Waals surface area contributed by atoms with Crippen LogP contribution >= 0.6 is 0 Å². The smallest absolute Gasteiger partial charge is 0.229 e. The average Bonchev–Trinajstić information content (AvgIpc) is 2.49. The van der Waals surface area contributed by atoms with Crippen LogP contribution in [-0.2, 0) is 9.53 Å². The number of carbonyl (C=O) groups excluding carboxylic acids is 1. The topological polar surface area (TPSA) is 128 Å². The molecule has 0 saturated carbocycles. The Kier molecular flexibility index (Phi) is 5.33. The van der Waals surface area contributed by atoms with Gasteiger partial charge in [-0.2, -0.15) is 0 Å². The second-order valence-electron chi connectivity index (χ2n) is 5.02. The van der Waals surface area contributed by atoms with Gasteiger partial charge >= 0.3 is 0 Å². The van der Waals surface area contributed by atoms with Gasteiger partial charge in [0, 0.05) is 12.6 Å². The highest BCUT2D eigenvalue weighted by atomic mass is 16.7. The van der Waals surface area contributed by atoms with Gasteiger partial charge in [-0.3, -0.25) is 4.79 Å². The molecule has 5 atom stereocenters. The summed E-state index contributed by atoms with van der Waals surface area (Å²) in [7, 11) is 0. The fraction of sp³-hybridized carbons (Fsp3) is 0.500. The maximum Gasteiger partial charge on any atom is 0.229 e. The minimum atomic E-state index is -1.49. The SMILES string of the molecule is CC(=O)Nc1ccc(O[C@H]2O[C@H](CO)[C@H](O)[C@H](O)[C@@H]2O)cc1. The average molecular weight is 313 g/mol. The zero-order chi connectivity index (χ0) is 16.3. The molecule has 0 unspecified atom stereocenters. The van der Waals surface area contributed by atoms with E-state index in [0.29, 0.717) is 11.4 Å². The summed E-state index contributed by atoms with van der Waals surface area (Å²) in [6.07, 6.45) is -6.64. The molecule has 1 saturated heterocycles. The van der Waals surface area contributed by atoms with E-state index in [9.17, 15) is 20.1 Å². The molecule has 0 aliphatic carbocycles. The number of hydrogen-bond donors (Lipinski definition) is 5. The molecule has 1 aromatic rings. The molecule has 0 aromatic heterocycles. The van der Waals surface area contributed by atoms with Crippen molar-refractivity contribution in [2.75, 3.05) is 11.9 Å². The van der Waals surface area contributed by atoms with Gasteiger partial charge in [0.05, 0.1) is 6.61 Å². The summed E-state index contributed by atoms with van der Waals surface area (Å²) >= 11 is 0. The monoisotopic (exact) mass is 313 g/mol. The first-order valence-corrected chi connectivity index (χ1v) is 6.77. The summed E-state index contributed by atoms with van der Waals surface area (Å²) in [5.41, 5.74) is 0.577. The number of aliphatic hydroxyl groups is 4. The normalized spacial score (nSPS) is 31.6. The predicted molar refractivity (Wildman–Crippen MR) is 75.1 cm³/mol. The molecule has 0 spiro atoms. The fourth-order valence-corrected chi connectivity index (χ4v) is 2.12. The van der Waals surface area contributed by atoms with E-state index in [0.717, 1.165) is 0 Å². The first-order valence-electron chi connectivity index (χ1n) is 6.77. The zero-order valence-electron chi connectivity index (χ0n) is 11.9. The molecule has 1 heterocycles. The third-order valence-electron chi connectivity index (χ3n) is 3.28. The van der Waals surface area contributed by atoms with E-state index in [1.165, 1.54) is 6.92 Å². The van der Waals surface area contributed by atoms with E-state index in [1.807, 2.05) is 0 Å². The Morgan fingerprint density at radius 1 is 1.18 bits per heavy atom. The molecule has 1 aliphatic rings. The second kappa shape index (κ2) is 7.03. The standard InChI is InChI=1S/C14H19NO7/c1-7(17)15-8-2-4-9(5-3-8)21-14-13(20)12(19)11(18)10(6-16)22-14/h2-5,10-14,16,18-20H,6H2,1H3,(H,15,17)/t10-,11+,12+,13+,14+/m1/s1. The van der Waals surface area contributed by atoms with Gasteiger partial charge in [0.15, 0.2) is 0 Å². The maximum absolute atomic E-state index is 10.9. The Bertz CT molecular complexity index is 504. The molecule has 1 aromatic carbocycles. The van der Waals surface area contributed by atoms with E-state index in [2.05, 4.69) is 5.32 Å². The number of benzene rings is 1. The van der Waals surface area contributed by atoms with E-state index in [4.69, 9.17) is 14.6 Å². The van der Waals surface area contributed by atoms with E-state index >= 15 is 0 Å². The molecule has 8 heteroatoms. The first-order chi connectivity index (χ1) is 10.4. The number of rotatable bonds is 4. The lowest BCUT2D eigenvalue weighted by Gasteiger charge is -2.39. The third kappa shape index (κ3) is 3.73. The van der Waals surface area contributed by atoms with Crippen molar-refractivity contribution in [3.63, 3.8) is 0 Å². The quantitative estimate of drug-likeness (QED) is 0.473. The number of hydrogen-bond acceptors (Lipinski definition) is 7. The second-order valence-corrected chi connectivity index (χ2v) is 5.02. The van der Waals surface area contributed by atoms with Gasteiger partial charge in [0.2, 0.25) is 12.2 Å². The predicted octanol–water partition coefficient (Wildman–Crippen LogP) is -1.18. The molecule has 5 N–H and O–H groups in total. The zero-order valence-corrected chi connectivity index (χ0v) is 11.9. The van der Waals surface area contributed by atoms with Crippen LogP contribution in [0, 0.1) is 0 Å². The number of amides is 1. The number of carbonyl (C=O) groups is 1. The number of nitrogens with one attached hydrogen (secondary N) is 1. The van der Waals surface area contributed by atoms with Crippen LogP contribution in [0.1, 0.15) is 6.92 Å². The van der Waals surface area contributed by atoms with Gasteiger partial charge in [0.1, 0.15) is 30.2 Å². The molecule has 122 valence electrons. The van der Waals surface area contributed by atoms with Crippen LogP contribution in [-0.4, -0.2) is 63.6 Å². The van der Waals surface area contributed by atoms with Crippen molar-refractivity contribution >= 4 is 11.6 Å². The Morgan fingerprint density at radius 2 is 1.82 bits per heavy atom. The highest BCUT2D eigenvalue weighted by Crippen LogP contribution is 2.25. The molecule has 1 amide bonds. The Labute approximate surface area is 126 Å². The third-order valence-corrected chi connectivity index (χ3v) is 3.28. The minimum absolute atomic E-state index is 0.206. The number of ether oxygens (including phenoxy) is 2. The van der Waals surface area contributed by atoms with E-state index in [-0.39, 0.29) is 5.91 Å². The molecular formula is C14H19NO7. The van der Waals surface area contributed by atoms with Crippen molar-refractivity contribution in [2.45, 2.75) is 37.6 Å². The van der Waals surface area contributed by atoms with Crippen LogP contribution in [0.15, 0.2) is 24.3 Å². The molecule has 0 bridgehead atoms. The van der Waals surface area contributed by atoms with Crippen LogP contribution in [0.25, 0.3) is 0 Å². The van der Waals surface area contributed by atoms with E-state index < -0.39 is 37.3 Å². The van der Waals surface area contributed by atoms with Crippen molar-refractivity contribution in [1.82, 2.24) is 0 Å². The van der Waals surface area contributed by atoms with Crippen LogP contribution in [0.2, 0.25) is 0 Å². The summed E-state index contributed by atoms with van der Waals surface area (Å²) in [5.74, 6) is 0.126. The maximum atomic E-state index is 10.9. The first kappa shape index (κ1) is 16.7. The van der Waals surface area contributed by atoms with Crippen molar-refractivity contribution in [1.29, 1.82) is 0 Å². The fourth-order valence-electron chi connectivity index (χ4n) is 2.12.